The van der Waals surface area contributed by atoms with Crippen molar-refractivity contribution in [3.05, 3.63) is 42.0 Å². The van der Waals surface area contributed by atoms with Crippen LogP contribution in [-0.2, 0) is 0 Å². The van der Waals surface area contributed by atoms with Gasteiger partial charge in [-0.3, -0.25) is 4.79 Å². The monoisotopic (exact) mass is 270 g/mol. The van der Waals surface area contributed by atoms with Crippen LogP contribution in [0.2, 0.25) is 0 Å². The number of hydrogen-bond donors (Lipinski definition) is 1. The van der Waals surface area contributed by atoms with Gasteiger partial charge in [-0.15, -0.1) is 0 Å². The SMILES string of the molecule is CCCCCCCC(=O)c1ccc2ccccc2c1O. The van der Waals surface area contributed by atoms with Crippen LogP contribution in [0.25, 0.3) is 10.8 Å². The second-order valence-corrected chi connectivity index (χ2v) is 5.27. The van der Waals surface area contributed by atoms with E-state index in [1.54, 1.807) is 6.07 Å². The van der Waals surface area contributed by atoms with Crippen LogP contribution in [0.15, 0.2) is 36.4 Å². The highest BCUT2D eigenvalue weighted by Gasteiger charge is 2.13. The zero-order valence-electron chi connectivity index (χ0n) is 12.1. The maximum absolute atomic E-state index is 12.2. The highest BCUT2D eigenvalue weighted by molar-refractivity contribution is 6.04. The number of hydrogen-bond acceptors (Lipinski definition) is 2. The number of benzene rings is 2. The van der Waals surface area contributed by atoms with Gasteiger partial charge in [0.15, 0.2) is 5.78 Å². The minimum Gasteiger partial charge on any atom is -0.507 e. The molecule has 2 rings (SSSR count). The Hall–Kier alpha value is -1.83. The quantitative estimate of drug-likeness (QED) is 0.562. The maximum Gasteiger partial charge on any atom is 0.166 e. The lowest BCUT2D eigenvalue weighted by Crippen LogP contribution is -1.99. The Balaban J connectivity index is 2.05. The third-order valence-electron chi connectivity index (χ3n) is 3.71. The zero-order chi connectivity index (χ0) is 14.4. The number of ketones is 1. The van der Waals surface area contributed by atoms with E-state index in [1.807, 2.05) is 30.3 Å². The Morgan fingerprint density at radius 1 is 1.00 bits per heavy atom. The number of unbranched alkanes of at least 4 members (excludes halogenated alkanes) is 4. The Morgan fingerprint density at radius 3 is 2.55 bits per heavy atom. The molecule has 0 saturated carbocycles. The van der Waals surface area contributed by atoms with E-state index in [0.717, 1.165) is 23.6 Å². The molecule has 1 N–H and O–H groups in total. The number of carbonyl (C=O) groups excluding carboxylic acids is 1. The van der Waals surface area contributed by atoms with Gasteiger partial charge in [-0.05, 0) is 17.9 Å². The Kier molecular flexibility index (Phi) is 5.16. The average Bonchev–Trinajstić information content (AvgIpc) is 2.47. The fraction of sp³-hybridized carbons (Fsp3) is 0.389. The second kappa shape index (κ2) is 7.09. The molecule has 0 bridgehead atoms. The third kappa shape index (κ3) is 3.38. The van der Waals surface area contributed by atoms with E-state index >= 15 is 0 Å². The van der Waals surface area contributed by atoms with Crippen LogP contribution in [0, 0.1) is 0 Å². The molecule has 0 aromatic heterocycles. The van der Waals surface area contributed by atoms with Crippen molar-refractivity contribution in [2.24, 2.45) is 0 Å². The number of fused-ring (bicyclic) bond motifs is 1. The van der Waals surface area contributed by atoms with Crippen molar-refractivity contribution in [2.45, 2.75) is 45.4 Å². The number of carbonyl (C=O) groups is 1. The van der Waals surface area contributed by atoms with Gasteiger partial charge in [0.2, 0.25) is 0 Å². The molecule has 2 heteroatoms. The molecule has 0 unspecified atom stereocenters. The summed E-state index contributed by atoms with van der Waals surface area (Å²) in [6, 6.07) is 11.2. The summed E-state index contributed by atoms with van der Waals surface area (Å²) in [5.41, 5.74) is 0.458. The Labute approximate surface area is 120 Å². The maximum atomic E-state index is 12.2. The van der Waals surface area contributed by atoms with Crippen LogP contribution in [0.3, 0.4) is 0 Å². The smallest absolute Gasteiger partial charge is 0.166 e. The largest absolute Gasteiger partial charge is 0.507 e. The van der Waals surface area contributed by atoms with Crippen LogP contribution in [0.4, 0.5) is 0 Å². The molecule has 2 aromatic carbocycles. The minimum absolute atomic E-state index is 0.0461. The van der Waals surface area contributed by atoms with Crippen molar-refractivity contribution in [1.82, 2.24) is 0 Å². The van der Waals surface area contributed by atoms with Gasteiger partial charge in [0.1, 0.15) is 5.75 Å². The average molecular weight is 270 g/mol. The summed E-state index contributed by atoms with van der Waals surface area (Å²) in [6.07, 6.45) is 6.15. The van der Waals surface area contributed by atoms with Crippen LogP contribution < -0.4 is 0 Å². The predicted molar refractivity (Wildman–Crippen MR) is 83.3 cm³/mol. The van der Waals surface area contributed by atoms with Crippen LogP contribution in [-0.4, -0.2) is 10.9 Å². The van der Waals surface area contributed by atoms with E-state index in [-0.39, 0.29) is 11.5 Å². The molecule has 0 heterocycles. The first-order chi connectivity index (χ1) is 9.74. The summed E-state index contributed by atoms with van der Waals surface area (Å²) in [4.78, 5) is 12.2. The molecule has 2 aromatic rings. The third-order valence-corrected chi connectivity index (χ3v) is 3.71. The molecule has 0 aliphatic heterocycles. The number of Topliss-reactive ketones (excluding diaryl/α,β-unsaturated/α-hetero) is 1. The van der Waals surface area contributed by atoms with Gasteiger partial charge in [-0.2, -0.15) is 0 Å². The highest BCUT2D eigenvalue weighted by Crippen LogP contribution is 2.29. The van der Waals surface area contributed by atoms with Crippen molar-refractivity contribution >= 4 is 16.6 Å². The number of phenols is 1. The van der Waals surface area contributed by atoms with E-state index in [1.165, 1.54) is 19.3 Å². The van der Waals surface area contributed by atoms with Gasteiger partial charge >= 0.3 is 0 Å². The van der Waals surface area contributed by atoms with Gasteiger partial charge < -0.3 is 5.11 Å². The first-order valence-corrected chi connectivity index (χ1v) is 7.48. The summed E-state index contributed by atoms with van der Waals surface area (Å²) in [7, 11) is 0. The van der Waals surface area contributed by atoms with Gasteiger partial charge in [0.05, 0.1) is 5.56 Å². The fourth-order valence-electron chi connectivity index (χ4n) is 2.50. The van der Waals surface area contributed by atoms with Crippen LogP contribution in [0.5, 0.6) is 5.75 Å². The van der Waals surface area contributed by atoms with Gasteiger partial charge in [0.25, 0.3) is 0 Å². The van der Waals surface area contributed by atoms with Crippen molar-refractivity contribution in [2.75, 3.05) is 0 Å². The normalized spacial score (nSPS) is 10.8. The first kappa shape index (κ1) is 14.6. The summed E-state index contributed by atoms with van der Waals surface area (Å²) < 4.78 is 0. The predicted octanol–water partition coefficient (Wildman–Crippen LogP) is 5.09. The van der Waals surface area contributed by atoms with Crippen molar-refractivity contribution in [3.63, 3.8) is 0 Å². The van der Waals surface area contributed by atoms with Crippen LogP contribution in [0.1, 0.15) is 55.8 Å². The van der Waals surface area contributed by atoms with E-state index in [2.05, 4.69) is 6.92 Å². The second-order valence-electron chi connectivity index (χ2n) is 5.27. The molecule has 0 saturated heterocycles. The molecule has 20 heavy (non-hydrogen) atoms. The van der Waals surface area contributed by atoms with Crippen LogP contribution >= 0.6 is 0 Å². The summed E-state index contributed by atoms with van der Waals surface area (Å²) >= 11 is 0. The van der Waals surface area contributed by atoms with Crippen molar-refractivity contribution in [1.29, 1.82) is 0 Å². The first-order valence-electron chi connectivity index (χ1n) is 7.48. The lowest BCUT2D eigenvalue weighted by molar-refractivity contribution is 0.0977. The standard InChI is InChI=1S/C18H22O2/c1-2-3-4-5-6-11-17(19)16-13-12-14-9-7-8-10-15(14)18(16)20/h7-10,12-13,20H,2-6,11H2,1H3. The molecule has 0 spiro atoms. The number of aromatic hydroxyl groups is 1. The zero-order valence-corrected chi connectivity index (χ0v) is 12.1. The molecule has 0 aliphatic rings. The molecular formula is C18H22O2. The molecule has 0 radical (unpaired) electrons. The Morgan fingerprint density at radius 2 is 1.75 bits per heavy atom. The number of phenolic OH excluding ortho intramolecular Hbond substituents is 1. The van der Waals surface area contributed by atoms with E-state index in [4.69, 9.17) is 0 Å². The summed E-state index contributed by atoms with van der Waals surface area (Å²) in [5, 5.41) is 12.0. The molecule has 0 amide bonds. The lowest BCUT2D eigenvalue weighted by Gasteiger charge is -2.07. The van der Waals surface area contributed by atoms with Gasteiger partial charge in [0, 0.05) is 11.8 Å². The molecule has 0 atom stereocenters. The molecule has 0 fully saturated rings. The van der Waals surface area contributed by atoms with E-state index in [0.29, 0.717) is 12.0 Å². The lowest BCUT2D eigenvalue weighted by atomic mass is 9.99. The topological polar surface area (TPSA) is 37.3 Å². The van der Waals surface area contributed by atoms with E-state index in [9.17, 15) is 9.90 Å². The van der Waals surface area contributed by atoms with Crippen molar-refractivity contribution in [3.8, 4) is 5.75 Å². The molecule has 2 nitrogen and oxygen atoms in total. The van der Waals surface area contributed by atoms with Gasteiger partial charge in [-0.25, -0.2) is 0 Å². The minimum atomic E-state index is 0.0461. The highest BCUT2D eigenvalue weighted by atomic mass is 16.3. The molecular weight excluding hydrogens is 248 g/mol. The molecule has 0 aliphatic carbocycles. The van der Waals surface area contributed by atoms with Gasteiger partial charge in [-0.1, -0.05) is 62.9 Å². The number of rotatable bonds is 7. The summed E-state index contributed by atoms with van der Waals surface area (Å²) in [5.74, 6) is 0.173. The van der Waals surface area contributed by atoms with E-state index < -0.39 is 0 Å². The molecule has 106 valence electrons. The fourth-order valence-corrected chi connectivity index (χ4v) is 2.50. The van der Waals surface area contributed by atoms with Crippen molar-refractivity contribution < 1.29 is 9.90 Å². The summed E-state index contributed by atoms with van der Waals surface area (Å²) in [6.45, 7) is 2.18. The Bertz CT molecular complexity index is 587.